The van der Waals surface area contributed by atoms with Crippen LogP contribution >= 0.6 is 11.3 Å². The van der Waals surface area contributed by atoms with E-state index in [-0.39, 0.29) is 11.6 Å². The number of hydrogen-bond acceptors (Lipinski definition) is 4. The van der Waals surface area contributed by atoms with Gasteiger partial charge in [-0.25, -0.2) is 9.78 Å². The van der Waals surface area contributed by atoms with Crippen molar-refractivity contribution in [2.24, 2.45) is 0 Å². The highest BCUT2D eigenvalue weighted by Gasteiger charge is 2.08. The van der Waals surface area contributed by atoms with Crippen LogP contribution in [0.4, 0.5) is 0 Å². The van der Waals surface area contributed by atoms with Crippen molar-refractivity contribution in [2.75, 3.05) is 6.54 Å². The molecule has 1 aromatic rings. The second-order valence-corrected chi connectivity index (χ2v) is 4.64. The lowest BCUT2D eigenvalue weighted by atomic mass is 10.3. The van der Waals surface area contributed by atoms with E-state index in [4.69, 9.17) is 5.11 Å². The second-order valence-electron chi connectivity index (χ2n) is 3.69. The molecule has 5 nitrogen and oxygen atoms in total. The average molecular weight is 254 g/mol. The molecule has 1 aromatic heterocycles. The van der Waals surface area contributed by atoms with Crippen LogP contribution in [0, 0.1) is 0 Å². The van der Waals surface area contributed by atoms with Crippen molar-refractivity contribution in [1.29, 1.82) is 0 Å². The first-order valence-corrected chi connectivity index (χ1v) is 5.97. The van der Waals surface area contributed by atoms with Crippen LogP contribution in [0.5, 0.6) is 0 Å². The van der Waals surface area contributed by atoms with Gasteiger partial charge in [-0.2, -0.15) is 0 Å². The zero-order valence-electron chi connectivity index (χ0n) is 9.69. The number of rotatable bonds is 5. The van der Waals surface area contributed by atoms with Gasteiger partial charge in [0, 0.05) is 24.4 Å². The fraction of sp³-hybridized carbons (Fsp3) is 0.364. The van der Waals surface area contributed by atoms with Crippen molar-refractivity contribution < 1.29 is 14.7 Å². The largest absolute Gasteiger partial charge is 0.476 e. The number of thiazole rings is 1. The van der Waals surface area contributed by atoms with Crippen molar-refractivity contribution in [3.8, 4) is 0 Å². The van der Waals surface area contributed by atoms with E-state index in [1.165, 1.54) is 22.8 Å². The molecule has 0 aliphatic rings. The number of amides is 1. The minimum absolute atomic E-state index is 0.0561. The van der Waals surface area contributed by atoms with Crippen LogP contribution in [-0.2, 0) is 11.2 Å². The predicted octanol–water partition coefficient (Wildman–Crippen LogP) is 1.47. The van der Waals surface area contributed by atoms with Crippen molar-refractivity contribution in [3.05, 3.63) is 27.7 Å². The molecule has 0 unspecified atom stereocenters. The van der Waals surface area contributed by atoms with Crippen LogP contribution in [0.3, 0.4) is 0 Å². The Hall–Kier alpha value is -1.69. The topological polar surface area (TPSA) is 79.3 Å². The number of aromatic nitrogens is 1. The lowest BCUT2D eigenvalue weighted by Gasteiger charge is -1.99. The minimum Gasteiger partial charge on any atom is -0.476 e. The third-order valence-electron chi connectivity index (χ3n) is 1.83. The molecule has 1 rings (SSSR count). The van der Waals surface area contributed by atoms with Crippen LogP contribution < -0.4 is 5.32 Å². The van der Waals surface area contributed by atoms with E-state index in [1.54, 1.807) is 0 Å². The zero-order chi connectivity index (χ0) is 12.8. The molecule has 17 heavy (non-hydrogen) atoms. The Balaban J connectivity index is 2.38. The fourth-order valence-electron chi connectivity index (χ4n) is 1.13. The third kappa shape index (κ3) is 4.78. The summed E-state index contributed by atoms with van der Waals surface area (Å²) in [4.78, 5) is 25.8. The summed E-state index contributed by atoms with van der Waals surface area (Å²) >= 11 is 1.28. The summed E-state index contributed by atoms with van der Waals surface area (Å²) in [5.41, 5.74) is 0.991. The smallest absolute Gasteiger partial charge is 0.355 e. The molecule has 0 bridgehead atoms. The molecule has 0 aromatic carbocycles. The summed E-state index contributed by atoms with van der Waals surface area (Å²) in [5.74, 6) is -1.17. The van der Waals surface area contributed by atoms with Gasteiger partial charge in [0.05, 0.1) is 5.01 Å². The van der Waals surface area contributed by atoms with Gasteiger partial charge in [0.25, 0.3) is 0 Å². The molecule has 0 saturated carbocycles. The van der Waals surface area contributed by atoms with Gasteiger partial charge in [-0.05, 0) is 13.8 Å². The lowest BCUT2D eigenvalue weighted by Crippen LogP contribution is -2.23. The van der Waals surface area contributed by atoms with E-state index in [2.05, 4.69) is 10.3 Å². The molecule has 2 N–H and O–H groups in total. The third-order valence-corrected chi connectivity index (χ3v) is 2.74. The molecule has 1 heterocycles. The van der Waals surface area contributed by atoms with Crippen molar-refractivity contribution in [1.82, 2.24) is 10.3 Å². The summed E-state index contributed by atoms with van der Waals surface area (Å²) in [5, 5.41) is 13.6. The SMILES string of the molecule is CC(C)=CC(=O)NCCc1nc(C(=O)O)cs1. The monoisotopic (exact) mass is 254 g/mol. The molecule has 0 aliphatic heterocycles. The van der Waals surface area contributed by atoms with Gasteiger partial charge < -0.3 is 10.4 Å². The van der Waals surface area contributed by atoms with E-state index >= 15 is 0 Å². The standard InChI is InChI=1S/C11H14N2O3S/c1-7(2)5-9(14)12-4-3-10-13-8(6-17-10)11(15)16/h5-6H,3-4H2,1-2H3,(H,12,14)(H,15,16). The van der Waals surface area contributed by atoms with Gasteiger partial charge in [-0.15, -0.1) is 11.3 Å². The van der Waals surface area contributed by atoms with Gasteiger partial charge in [0.15, 0.2) is 5.69 Å². The minimum atomic E-state index is -1.03. The van der Waals surface area contributed by atoms with Crippen LogP contribution in [0.2, 0.25) is 0 Å². The molecule has 0 atom stereocenters. The maximum Gasteiger partial charge on any atom is 0.355 e. The van der Waals surface area contributed by atoms with Gasteiger partial charge in [0.2, 0.25) is 5.91 Å². The molecule has 0 spiro atoms. The van der Waals surface area contributed by atoms with E-state index in [0.717, 1.165) is 5.57 Å². The number of nitrogens with one attached hydrogen (secondary N) is 1. The Labute approximate surface area is 103 Å². The Morgan fingerprint density at radius 2 is 2.24 bits per heavy atom. The number of carboxylic acids is 1. The van der Waals surface area contributed by atoms with Crippen molar-refractivity contribution in [2.45, 2.75) is 20.3 Å². The number of hydrogen-bond donors (Lipinski definition) is 2. The average Bonchev–Trinajstić information content (AvgIpc) is 2.65. The molecule has 0 fully saturated rings. The number of nitrogens with zero attached hydrogens (tertiary/aromatic N) is 1. The molecule has 92 valence electrons. The summed E-state index contributed by atoms with van der Waals surface area (Å²) in [6.07, 6.45) is 2.06. The molecular weight excluding hydrogens is 240 g/mol. The number of allylic oxidation sites excluding steroid dienone is 1. The number of carbonyl (C=O) groups excluding carboxylic acids is 1. The van der Waals surface area contributed by atoms with Crippen molar-refractivity contribution >= 4 is 23.2 Å². The summed E-state index contributed by atoms with van der Waals surface area (Å²) in [6.45, 7) is 4.15. The number of carbonyl (C=O) groups is 2. The molecule has 0 saturated heterocycles. The Morgan fingerprint density at radius 3 is 2.76 bits per heavy atom. The summed E-state index contributed by atoms with van der Waals surface area (Å²) in [6, 6.07) is 0. The quantitative estimate of drug-likeness (QED) is 0.780. The lowest BCUT2D eigenvalue weighted by molar-refractivity contribution is -0.116. The van der Waals surface area contributed by atoms with Gasteiger partial charge in [-0.1, -0.05) is 5.57 Å². The number of carboxylic acid groups (broad SMARTS) is 1. The van der Waals surface area contributed by atoms with E-state index in [1.807, 2.05) is 13.8 Å². The van der Waals surface area contributed by atoms with Crippen molar-refractivity contribution in [3.63, 3.8) is 0 Å². The van der Waals surface area contributed by atoms with Gasteiger partial charge in [0.1, 0.15) is 0 Å². The van der Waals surface area contributed by atoms with E-state index < -0.39 is 5.97 Å². The second kappa shape index (κ2) is 6.15. The first-order valence-electron chi connectivity index (χ1n) is 5.09. The van der Waals surface area contributed by atoms with Crippen LogP contribution in [0.25, 0.3) is 0 Å². The van der Waals surface area contributed by atoms with E-state index in [9.17, 15) is 9.59 Å². The van der Waals surface area contributed by atoms with Crippen LogP contribution in [0.15, 0.2) is 17.0 Å². The highest BCUT2D eigenvalue weighted by molar-refractivity contribution is 7.09. The maximum atomic E-state index is 11.3. The summed E-state index contributed by atoms with van der Waals surface area (Å²) < 4.78 is 0. The molecular formula is C11H14N2O3S. The molecule has 0 aliphatic carbocycles. The summed E-state index contributed by atoms with van der Waals surface area (Å²) in [7, 11) is 0. The molecule has 0 radical (unpaired) electrons. The fourth-order valence-corrected chi connectivity index (χ4v) is 1.90. The highest BCUT2D eigenvalue weighted by atomic mass is 32.1. The number of aromatic carboxylic acids is 1. The first kappa shape index (κ1) is 13.4. The molecule has 1 amide bonds. The van der Waals surface area contributed by atoms with Crippen LogP contribution in [0.1, 0.15) is 29.3 Å². The zero-order valence-corrected chi connectivity index (χ0v) is 10.5. The molecule has 6 heteroatoms. The normalized spacial score (nSPS) is 9.76. The van der Waals surface area contributed by atoms with E-state index in [0.29, 0.717) is 18.0 Å². The Kier molecular flexibility index (Phi) is 4.84. The van der Waals surface area contributed by atoms with Crippen LogP contribution in [-0.4, -0.2) is 28.5 Å². The highest BCUT2D eigenvalue weighted by Crippen LogP contribution is 2.09. The predicted molar refractivity (Wildman–Crippen MR) is 65.2 cm³/mol. The Bertz CT molecular complexity index is 447. The maximum absolute atomic E-state index is 11.3. The van der Waals surface area contributed by atoms with Gasteiger partial charge in [-0.3, -0.25) is 4.79 Å². The van der Waals surface area contributed by atoms with Gasteiger partial charge >= 0.3 is 5.97 Å². The first-order chi connectivity index (χ1) is 7.99. The Morgan fingerprint density at radius 1 is 1.53 bits per heavy atom.